The summed E-state index contributed by atoms with van der Waals surface area (Å²) in [6.07, 6.45) is -0.631. The van der Waals surface area contributed by atoms with E-state index in [9.17, 15) is 13.9 Å². The van der Waals surface area contributed by atoms with E-state index in [1.807, 2.05) is 30.3 Å². The predicted molar refractivity (Wildman–Crippen MR) is 73.0 cm³/mol. The monoisotopic (exact) mass is 279 g/mol. The highest BCUT2D eigenvalue weighted by Crippen LogP contribution is 2.19. The minimum absolute atomic E-state index is 0.106. The fourth-order valence-electron chi connectivity index (χ4n) is 1.76. The lowest BCUT2D eigenvalue weighted by atomic mass is 10.1. The summed E-state index contributed by atoms with van der Waals surface area (Å²) in [6.45, 7) is -2.49. The number of aliphatic hydroxyl groups excluding tert-OH is 1. The zero-order valence-corrected chi connectivity index (χ0v) is 10.7. The molecule has 0 aliphatic carbocycles. The molecule has 2 N–H and O–H groups in total. The molecule has 2 aromatic rings. The third-order valence-corrected chi connectivity index (χ3v) is 2.76. The number of nitrogens with one attached hydrogen (secondary N) is 1. The Bertz CT molecular complexity index is 517. The van der Waals surface area contributed by atoms with Crippen LogP contribution in [0.4, 0.5) is 14.5 Å². The number of rotatable bonds is 6. The van der Waals surface area contributed by atoms with Gasteiger partial charge in [-0.2, -0.15) is 8.78 Å². The second-order valence-electron chi connectivity index (χ2n) is 4.21. The summed E-state index contributed by atoms with van der Waals surface area (Å²) < 4.78 is 28.2. The number of benzene rings is 2. The Morgan fingerprint density at radius 3 is 2.25 bits per heavy atom. The predicted octanol–water partition coefficient (Wildman–Crippen LogP) is 3.43. The summed E-state index contributed by atoms with van der Waals surface area (Å²) >= 11 is 0. The van der Waals surface area contributed by atoms with Crippen LogP contribution in [0.25, 0.3) is 0 Å². The summed E-state index contributed by atoms with van der Waals surface area (Å²) in [6, 6.07) is 15.4. The first-order valence-electron chi connectivity index (χ1n) is 6.17. The van der Waals surface area contributed by atoms with E-state index in [4.69, 9.17) is 0 Å². The molecule has 2 rings (SSSR count). The Balaban J connectivity index is 1.88. The van der Waals surface area contributed by atoms with Crippen LogP contribution in [0, 0.1) is 0 Å². The van der Waals surface area contributed by atoms with Gasteiger partial charge >= 0.3 is 6.61 Å². The molecule has 0 aromatic heterocycles. The van der Waals surface area contributed by atoms with Crippen molar-refractivity contribution >= 4 is 5.69 Å². The van der Waals surface area contributed by atoms with Gasteiger partial charge in [-0.3, -0.25) is 0 Å². The van der Waals surface area contributed by atoms with Crippen LogP contribution < -0.4 is 10.1 Å². The molecule has 0 aliphatic heterocycles. The Hall–Kier alpha value is -2.14. The van der Waals surface area contributed by atoms with Crippen molar-refractivity contribution in [2.45, 2.75) is 12.7 Å². The summed E-state index contributed by atoms with van der Waals surface area (Å²) in [5, 5.41) is 13.0. The third-order valence-electron chi connectivity index (χ3n) is 2.76. The van der Waals surface area contributed by atoms with Gasteiger partial charge in [-0.15, -0.1) is 0 Å². The van der Waals surface area contributed by atoms with Gasteiger partial charge in [0.2, 0.25) is 0 Å². The van der Waals surface area contributed by atoms with Crippen molar-refractivity contribution in [1.29, 1.82) is 0 Å². The van der Waals surface area contributed by atoms with Crippen molar-refractivity contribution in [2.24, 2.45) is 0 Å². The van der Waals surface area contributed by atoms with E-state index in [0.717, 1.165) is 11.3 Å². The van der Waals surface area contributed by atoms with Crippen molar-refractivity contribution in [1.82, 2.24) is 0 Å². The second-order valence-corrected chi connectivity index (χ2v) is 4.21. The minimum atomic E-state index is -2.83. The van der Waals surface area contributed by atoms with Gasteiger partial charge in [-0.25, -0.2) is 0 Å². The number of halogens is 2. The SMILES string of the molecule is OC(CNc1ccc(OC(F)F)cc1)c1ccccc1. The van der Waals surface area contributed by atoms with Crippen LogP contribution in [0.2, 0.25) is 0 Å². The molecule has 20 heavy (non-hydrogen) atoms. The number of hydrogen-bond acceptors (Lipinski definition) is 3. The molecule has 0 saturated heterocycles. The molecule has 106 valence electrons. The Morgan fingerprint density at radius 1 is 1.00 bits per heavy atom. The van der Waals surface area contributed by atoms with Crippen LogP contribution in [0.3, 0.4) is 0 Å². The Morgan fingerprint density at radius 2 is 1.65 bits per heavy atom. The zero-order chi connectivity index (χ0) is 14.4. The van der Waals surface area contributed by atoms with Crippen molar-refractivity contribution in [3.8, 4) is 5.75 Å². The molecule has 0 amide bonds. The Kier molecular flexibility index (Phi) is 4.90. The van der Waals surface area contributed by atoms with Crippen LogP contribution in [0.15, 0.2) is 54.6 Å². The van der Waals surface area contributed by atoms with Gasteiger partial charge in [0.05, 0.1) is 6.10 Å². The maximum atomic E-state index is 12.0. The van der Waals surface area contributed by atoms with Crippen molar-refractivity contribution in [3.05, 3.63) is 60.2 Å². The molecule has 0 aliphatic rings. The molecule has 0 radical (unpaired) electrons. The molecule has 0 spiro atoms. The number of hydrogen-bond donors (Lipinski definition) is 2. The first-order valence-corrected chi connectivity index (χ1v) is 6.17. The Labute approximate surface area is 115 Å². The average molecular weight is 279 g/mol. The van der Waals surface area contributed by atoms with Crippen molar-refractivity contribution < 1.29 is 18.6 Å². The van der Waals surface area contributed by atoms with Crippen LogP contribution >= 0.6 is 0 Å². The van der Waals surface area contributed by atoms with Gasteiger partial charge in [0.1, 0.15) is 5.75 Å². The van der Waals surface area contributed by atoms with Crippen LogP contribution in [0.5, 0.6) is 5.75 Å². The molecular weight excluding hydrogens is 264 g/mol. The third kappa shape index (κ3) is 4.20. The summed E-state index contributed by atoms with van der Waals surface area (Å²) in [4.78, 5) is 0. The quantitative estimate of drug-likeness (QED) is 0.851. The van der Waals surface area contributed by atoms with E-state index in [1.165, 1.54) is 12.1 Å². The molecule has 0 heterocycles. The second kappa shape index (κ2) is 6.86. The van der Waals surface area contributed by atoms with E-state index in [2.05, 4.69) is 10.1 Å². The van der Waals surface area contributed by atoms with E-state index in [-0.39, 0.29) is 5.75 Å². The molecule has 0 saturated carbocycles. The maximum Gasteiger partial charge on any atom is 0.387 e. The van der Waals surface area contributed by atoms with Gasteiger partial charge in [-0.1, -0.05) is 30.3 Å². The molecule has 0 bridgehead atoms. The van der Waals surface area contributed by atoms with Gasteiger partial charge in [0.15, 0.2) is 0 Å². The number of ether oxygens (including phenoxy) is 1. The fourth-order valence-corrected chi connectivity index (χ4v) is 1.76. The van der Waals surface area contributed by atoms with Crippen molar-refractivity contribution in [3.63, 3.8) is 0 Å². The molecular formula is C15H15F2NO2. The highest BCUT2D eigenvalue weighted by atomic mass is 19.3. The molecule has 1 atom stereocenters. The van der Waals surface area contributed by atoms with Crippen LogP contribution in [-0.4, -0.2) is 18.3 Å². The van der Waals surface area contributed by atoms with Gasteiger partial charge in [0, 0.05) is 12.2 Å². The van der Waals surface area contributed by atoms with Gasteiger partial charge < -0.3 is 15.2 Å². The normalized spacial score (nSPS) is 12.2. The zero-order valence-electron chi connectivity index (χ0n) is 10.7. The standard InChI is InChI=1S/C15H15F2NO2/c16-15(17)20-13-8-6-12(7-9-13)18-10-14(19)11-4-2-1-3-5-11/h1-9,14-15,18-19H,10H2. The molecule has 2 aromatic carbocycles. The van der Waals surface area contributed by atoms with Crippen molar-refractivity contribution in [2.75, 3.05) is 11.9 Å². The lowest BCUT2D eigenvalue weighted by Gasteiger charge is -2.13. The number of anilines is 1. The molecule has 0 fully saturated rings. The summed E-state index contributed by atoms with van der Waals surface area (Å²) in [5.74, 6) is 0.106. The lowest BCUT2D eigenvalue weighted by molar-refractivity contribution is -0.0498. The first-order chi connectivity index (χ1) is 9.65. The first kappa shape index (κ1) is 14.3. The number of aliphatic hydroxyl groups is 1. The highest BCUT2D eigenvalue weighted by molar-refractivity contribution is 5.46. The number of alkyl halides is 2. The molecule has 1 unspecified atom stereocenters. The summed E-state index contributed by atoms with van der Waals surface area (Å²) in [7, 11) is 0. The van der Waals surface area contributed by atoms with E-state index in [0.29, 0.717) is 6.54 Å². The van der Waals surface area contributed by atoms with Gasteiger partial charge in [-0.05, 0) is 29.8 Å². The van der Waals surface area contributed by atoms with E-state index < -0.39 is 12.7 Å². The van der Waals surface area contributed by atoms with Gasteiger partial charge in [0.25, 0.3) is 0 Å². The topological polar surface area (TPSA) is 41.5 Å². The fraction of sp³-hybridized carbons (Fsp3) is 0.200. The van der Waals surface area contributed by atoms with Crippen LogP contribution in [-0.2, 0) is 0 Å². The minimum Gasteiger partial charge on any atom is -0.435 e. The summed E-state index contributed by atoms with van der Waals surface area (Å²) in [5.41, 5.74) is 1.54. The largest absolute Gasteiger partial charge is 0.435 e. The lowest BCUT2D eigenvalue weighted by Crippen LogP contribution is -2.12. The van der Waals surface area contributed by atoms with Crippen LogP contribution in [0.1, 0.15) is 11.7 Å². The maximum absolute atomic E-state index is 12.0. The average Bonchev–Trinajstić information content (AvgIpc) is 2.46. The highest BCUT2D eigenvalue weighted by Gasteiger charge is 2.07. The van der Waals surface area contributed by atoms with E-state index >= 15 is 0 Å². The smallest absolute Gasteiger partial charge is 0.387 e. The van der Waals surface area contributed by atoms with E-state index in [1.54, 1.807) is 12.1 Å². The molecule has 3 nitrogen and oxygen atoms in total. The molecule has 5 heteroatoms.